The van der Waals surface area contributed by atoms with E-state index in [2.05, 4.69) is 39.9 Å². The van der Waals surface area contributed by atoms with Gasteiger partial charge in [0.2, 0.25) is 5.91 Å². The van der Waals surface area contributed by atoms with Crippen LogP contribution < -0.4 is 10.6 Å². The van der Waals surface area contributed by atoms with Crippen molar-refractivity contribution in [3.8, 4) is 11.1 Å². The lowest BCUT2D eigenvalue weighted by molar-refractivity contribution is -0.117. The van der Waals surface area contributed by atoms with Crippen molar-refractivity contribution in [3.05, 3.63) is 83.7 Å². The second-order valence-electron chi connectivity index (χ2n) is 8.64. The smallest absolute Gasteiger partial charge is 0.407 e. The van der Waals surface area contributed by atoms with Crippen LogP contribution in [0.15, 0.2) is 66.9 Å². The molecule has 8 nitrogen and oxygen atoms in total. The molecule has 0 radical (unpaired) electrons. The van der Waals surface area contributed by atoms with Crippen LogP contribution in [0.1, 0.15) is 47.3 Å². The topological polar surface area (TPSA) is 118 Å². The molecular weight excluding hydrogens is 446 g/mol. The molecule has 0 fully saturated rings. The molecule has 1 aliphatic rings. The zero-order valence-corrected chi connectivity index (χ0v) is 19.4. The third kappa shape index (κ3) is 5.84. The number of hydrogen-bond acceptors (Lipinski definition) is 5. The van der Waals surface area contributed by atoms with Gasteiger partial charge in [-0.25, -0.2) is 14.6 Å². The highest BCUT2D eigenvalue weighted by molar-refractivity contribution is 5.91. The second kappa shape index (κ2) is 10.8. The summed E-state index contributed by atoms with van der Waals surface area (Å²) in [7, 11) is 0. The molecular formula is C27H27N3O5. The fraction of sp³-hybridized carbons (Fsp3) is 0.259. The van der Waals surface area contributed by atoms with E-state index in [1.807, 2.05) is 31.2 Å². The fourth-order valence-electron chi connectivity index (χ4n) is 4.29. The van der Waals surface area contributed by atoms with Crippen LogP contribution in [0.25, 0.3) is 11.1 Å². The highest BCUT2D eigenvalue weighted by Gasteiger charge is 2.29. The van der Waals surface area contributed by atoms with Gasteiger partial charge in [-0.3, -0.25) is 4.79 Å². The molecule has 0 saturated carbocycles. The summed E-state index contributed by atoms with van der Waals surface area (Å²) in [6.45, 7) is 2.57. The number of anilines is 1. The van der Waals surface area contributed by atoms with Gasteiger partial charge in [0.05, 0.1) is 11.9 Å². The van der Waals surface area contributed by atoms with Crippen LogP contribution >= 0.6 is 0 Å². The number of aromatic nitrogens is 1. The summed E-state index contributed by atoms with van der Waals surface area (Å²) in [5.74, 6) is -1.30. The van der Waals surface area contributed by atoms with E-state index in [1.54, 1.807) is 0 Å². The molecule has 4 rings (SSSR count). The Bertz CT molecular complexity index is 1180. The van der Waals surface area contributed by atoms with Crippen LogP contribution in [-0.4, -0.2) is 41.2 Å². The van der Waals surface area contributed by atoms with Gasteiger partial charge in [0.25, 0.3) is 0 Å². The lowest BCUT2D eigenvalue weighted by Crippen LogP contribution is -2.28. The number of carbonyl (C=O) groups excluding carboxylic acids is 2. The third-order valence-corrected chi connectivity index (χ3v) is 6.05. The monoisotopic (exact) mass is 473 g/mol. The molecule has 2 amide bonds. The molecule has 1 heterocycles. The van der Waals surface area contributed by atoms with E-state index >= 15 is 0 Å². The van der Waals surface area contributed by atoms with E-state index in [0.717, 1.165) is 11.1 Å². The minimum absolute atomic E-state index is 0.00910. The van der Waals surface area contributed by atoms with Gasteiger partial charge >= 0.3 is 12.1 Å². The van der Waals surface area contributed by atoms with Crippen molar-refractivity contribution in [3.63, 3.8) is 0 Å². The number of pyridine rings is 1. The van der Waals surface area contributed by atoms with Gasteiger partial charge in [-0.15, -0.1) is 0 Å². The summed E-state index contributed by atoms with van der Waals surface area (Å²) < 4.78 is 5.53. The predicted molar refractivity (Wildman–Crippen MR) is 131 cm³/mol. The third-order valence-electron chi connectivity index (χ3n) is 6.05. The lowest BCUT2D eigenvalue weighted by Gasteiger charge is -2.15. The number of carboxylic acids is 1. The van der Waals surface area contributed by atoms with Crippen molar-refractivity contribution in [1.82, 2.24) is 10.3 Å². The predicted octanol–water partition coefficient (Wildman–Crippen LogP) is 4.67. The molecule has 3 aromatic rings. The number of alkyl carbamates (subject to hydrolysis) is 1. The first kappa shape index (κ1) is 23.9. The first-order valence-corrected chi connectivity index (χ1v) is 11.5. The van der Waals surface area contributed by atoms with Gasteiger partial charge < -0.3 is 20.5 Å². The molecule has 1 atom stereocenters. The average molecular weight is 474 g/mol. The molecule has 1 unspecified atom stereocenters. The van der Waals surface area contributed by atoms with Gasteiger partial charge in [-0.1, -0.05) is 55.5 Å². The standard InChI is InChI=1S/C27H27N3O5/c1-17(14-25(31)30-18-10-11-24(26(32)33)29-15-18)12-13-28-27(34)35-16-23-21-8-4-2-6-19(21)20-7-3-5-9-22(20)23/h2-11,15,17,23H,12-14,16H2,1H3,(H,28,34)(H,30,31)(H,32,33). The van der Waals surface area contributed by atoms with Crippen LogP contribution in [-0.2, 0) is 9.53 Å². The van der Waals surface area contributed by atoms with Crippen molar-refractivity contribution in [1.29, 1.82) is 0 Å². The maximum Gasteiger partial charge on any atom is 0.407 e. The highest BCUT2D eigenvalue weighted by atomic mass is 16.5. The van der Waals surface area contributed by atoms with Crippen LogP contribution in [0, 0.1) is 5.92 Å². The van der Waals surface area contributed by atoms with E-state index in [4.69, 9.17) is 9.84 Å². The van der Waals surface area contributed by atoms with Crippen molar-refractivity contribution < 1.29 is 24.2 Å². The molecule has 2 aromatic carbocycles. The molecule has 0 bridgehead atoms. The summed E-state index contributed by atoms with van der Waals surface area (Å²) in [4.78, 5) is 39.1. The van der Waals surface area contributed by atoms with Gasteiger partial charge in [-0.2, -0.15) is 0 Å². The maximum atomic E-state index is 12.3. The Morgan fingerprint density at radius 2 is 1.66 bits per heavy atom. The molecule has 0 spiro atoms. The van der Waals surface area contributed by atoms with Crippen molar-refractivity contribution in [2.75, 3.05) is 18.5 Å². The number of carbonyl (C=O) groups is 3. The molecule has 8 heteroatoms. The molecule has 3 N–H and O–H groups in total. The normalized spacial score (nSPS) is 12.8. The van der Waals surface area contributed by atoms with Crippen LogP contribution in [0.3, 0.4) is 0 Å². The van der Waals surface area contributed by atoms with Crippen molar-refractivity contribution in [2.24, 2.45) is 5.92 Å². The summed E-state index contributed by atoms with van der Waals surface area (Å²) in [6, 6.07) is 19.2. The largest absolute Gasteiger partial charge is 0.477 e. The molecule has 1 aliphatic carbocycles. The lowest BCUT2D eigenvalue weighted by atomic mass is 9.98. The SMILES string of the molecule is CC(CCNC(=O)OCC1c2ccccc2-c2ccccc21)CC(=O)Nc1ccc(C(=O)O)nc1. The average Bonchev–Trinajstić information content (AvgIpc) is 3.16. The summed E-state index contributed by atoms with van der Waals surface area (Å²) >= 11 is 0. The fourth-order valence-corrected chi connectivity index (χ4v) is 4.29. The summed E-state index contributed by atoms with van der Waals surface area (Å²) in [6.07, 6.45) is 1.69. The summed E-state index contributed by atoms with van der Waals surface area (Å²) in [5.41, 5.74) is 5.03. The number of nitrogens with zero attached hydrogens (tertiary/aromatic N) is 1. The number of amides is 2. The van der Waals surface area contributed by atoms with E-state index in [1.165, 1.54) is 29.5 Å². The Labute approximate surface area is 203 Å². The van der Waals surface area contributed by atoms with Gasteiger partial charge in [0, 0.05) is 18.9 Å². The second-order valence-corrected chi connectivity index (χ2v) is 8.64. The van der Waals surface area contributed by atoms with Gasteiger partial charge in [-0.05, 0) is 46.7 Å². The Morgan fingerprint density at radius 1 is 1.00 bits per heavy atom. The van der Waals surface area contributed by atoms with Crippen LogP contribution in [0.4, 0.5) is 10.5 Å². The van der Waals surface area contributed by atoms with Crippen LogP contribution in [0.5, 0.6) is 0 Å². The number of hydrogen-bond donors (Lipinski definition) is 3. The number of aromatic carboxylic acids is 1. The molecule has 1 aromatic heterocycles. The van der Waals surface area contributed by atoms with Crippen molar-refractivity contribution >= 4 is 23.7 Å². The number of fused-ring (bicyclic) bond motifs is 3. The van der Waals surface area contributed by atoms with E-state index in [9.17, 15) is 14.4 Å². The quantitative estimate of drug-likeness (QED) is 0.416. The van der Waals surface area contributed by atoms with Gasteiger partial charge in [0.15, 0.2) is 0 Å². The van der Waals surface area contributed by atoms with Gasteiger partial charge in [0.1, 0.15) is 12.3 Å². The molecule has 0 aliphatic heterocycles. The number of ether oxygens (including phenoxy) is 1. The number of nitrogens with one attached hydrogen (secondary N) is 2. The van der Waals surface area contributed by atoms with E-state index < -0.39 is 12.1 Å². The van der Waals surface area contributed by atoms with E-state index in [0.29, 0.717) is 18.7 Å². The summed E-state index contributed by atoms with van der Waals surface area (Å²) in [5, 5.41) is 14.3. The minimum atomic E-state index is -1.12. The first-order valence-electron chi connectivity index (χ1n) is 11.5. The Morgan fingerprint density at radius 3 is 2.26 bits per heavy atom. The molecule has 0 saturated heterocycles. The highest BCUT2D eigenvalue weighted by Crippen LogP contribution is 2.44. The number of rotatable bonds is 9. The Kier molecular flexibility index (Phi) is 7.40. The zero-order chi connectivity index (χ0) is 24.8. The van der Waals surface area contributed by atoms with Crippen LogP contribution in [0.2, 0.25) is 0 Å². The Balaban J connectivity index is 1.19. The molecule has 180 valence electrons. The molecule has 35 heavy (non-hydrogen) atoms. The number of benzene rings is 2. The first-order chi connectivity index (χ1) is 16.9. The minimum Gasteiger partial charge on any atom is -0.477 e. The van der Waals surface area contributed by atoms with E-state index in [-0.39, 0.29) is 36.5 Å². The van der Waals surface area contributed by atoms with Crippen molar-refractivity contribution in [2.45, 2.75) is 25.7 Å². The number of carboxylic acid groups (broad SMARTS) is 1. The maximum absolute atomic E-state index is 12.3. The zero-order valence-electron chi connectivity index (χ0n) is 19.4. The Hall–Kier alpha value is -4.20.